The van der Waals surface area contributed by atoms with Crippen molar-refractivity contribution in [1.82, 2.24) is 9.55 Å². The van der Waals surface area contributed by atoms with E-state index >= 15 is 0 Å². The van der Waals surface area contributed by atoms with E-state index in [1.165, 1.54) is 0 Å². The van der Waals surface area contributed by atoms with Crippen molar-refractivity contribution in [2.75, 3.05) is 0 Å². The first-order valence-electron chi connectivity index (χ1n) is 4.44. The van der Waals surface area contributed by atoms with E-state index in [0.717, 1.165) is 5.82 Å². The number of aromatic nitrogens is 2. The number of nitrogens with zero attached hydrogens (tertiary/aromatic N) is 2. The van der Waals surface area contributed by atoms with Crippen molar-refractivity contribution in [2.24, 2.45) is 0 Å². The lowest BCUT2D eigenvalue weighted by Gasteiger charge is -2.09. The normalized spacial score (nSPS) is 10.5. The average Bonchev–Trinajstić information content (AvgIpc) is 2.52. The molecule has 0 aliphatic rings. The highest BCUT2D eigenvalue weighted by Gasteiger charge is 2.10. The van der Waals surface area contributed by atoms with Crippen molar-refractivity contribution in [1.29, 1.82) is 0 Å². The highest BCUT2D eigenvalue weighted by molar-refractivity contribution is 5.85. The Morgan fingerprint density at radius 1 is 1.71 bits per heavy atom. The molecule has 4 nitrogen and oxygen atoms in total. The number of imidazole rings is 1. The van der Waals surface area contributed by atoms with Crippen molar-refractivity contribution < 1.29 is 9.90 Å². The molecule has 0 amide bonds. The van der Waals surface area contributed by atoms with Crippen LogP contribution in [-0.2, 0) is 11.3 Å². The van der Waals surface area contributed by atoms with Crippen LogP contribution in [0, 0.1) is 0 Å². The fourth-order valence-corrected chi connectivity index (χ4v) is 1.23. The maximum Gasteiger partial charge on any atom is 0.332 e. The predicted octanol–water partition coefficient (Wildman–Crippen LogP) is 1.65. The molecular weight excluding hydrogens is 180 g/mol. The quantitative estimate of drug-likeness (QED) is 0.741. The number of aliphatic carboxylic acids is 1. The zero-order valence-electron chi connectivity index (χ0n) is 8.40. The van der Waals surface area contributed by atoms with Crippen molar-refractivity contribution in [3.63, 3.8) is 0 Å². The maximum atomic E-state index is 10.6. The molecule has 1 heterocycles. The zero-order chi connectivity index (χ0) is 10.7. The molecule has 0 radical (unpaired) electrons. The predicted molar refractivity (Wildman–Crippen MR) is 53.1 cm³/mol. The molecule has 1 aromatic rings. The van der Waals surface area contributed by atoms with Crippen LogP contribution in [0.25, 0.3) is 0 Å². The van der Waals surface area contributed by atoms with Crippen LogP contribution in [0.1, 0.15) is 25.6 Å². The van der Waals surface area contributed by atoms with Gasteiger partial charge in [-0.25, -0.2) is 9.78 Å². The fraction of sp³-hybridized carbons (Fsp3) is 0.400. The number of carboxylic acids is 1. The summed E-state index contributed by atoms with van der Waals surface area (Å²) in [6.45, 7) is 7.81. The number of rotatable bonds is 4. The molecule has 0 aliphatic carbocycles. The molecule has 1 N–H and O–H groups in total. The molecule has 0 atom stereocenters. The molecule has 4 heteroatoms. The summed E-state index contributed by atoms with van der Waals surface area (Å²) in [5.74, 6) is 0.201. The van der Waals surface area contributed by atoms with Crippen molar-refractivity contribution in [2.45, 2.75) is 26.3 Å². The van der Waals surface area contributed by atoms with E-state index in [1.54, 1.807) is 17.0 Å². The SMILES string of the molecule is C=C(Cn1ccnc1C(C)C)C(=O)O. The smallest absolute Gasteiger partial charge is 0.332 e. The third kappa shape index (κ3) is 2.22. The van der Waals surface area contributed by atoms with Gasteiger partial charge in [-0.05, 0) is 0 Å². The first-order chi connectivity index (χ1) is 6.52. The molecule has 0 saturated carbocycles. The first-order valence-corrected chi connectivity index (χ1v) is 4.44. The summed E-state index contributed by atoms with van der Waals surface area (Å²) in [4.78, 5) is 14.7. The molecule has 0 aromatic carbocycles. The summed E-state index contributed by atoms with van der Waals surface area (Å²) in [5.41, 5.74) is 0.171. The summed E-state index contributed by atoms with van der Waals surface area (Å²) in [5, 5.41) is 8.68. The Morgan fingerprint density at radius 2 is 2.36 bits per heavy atom. The number of hydrogen-bond acceptors (Lipinski definition) is 2. The van der Waals surface area contributed by atoms with Gasteiger partial charge in [-0.15, -0.1) is 0 Å². The summed E-state index contributed by atoms with van der Waals surface area (Å²) in [7, 11) is 0. The third-order valence-electron chi connectivity index (χ3n) is 1.93. The molecule has 1 aromatic heterocycles. The Hall–Kier alpha value is -1.58. The lowest BCUT2D eigenvalue weighted by Crippen LogP contribution is -2.11. The Kier molecular flexibility index (Phi) is 3.06. The van der Waals surface area contributed by atoms with Gasteiger partial charge in [-0.3, -0.25) is 0 Å². The van der Waals surface area contributed by atoms with Crippen LogP contribution in [0.4, 0.5) is 0 Å². The van der Waals surface area contributed by atoms with E-state index in [9.17, 15) is 4.79 Å². The van der Waals surface area contributed by atoms with E-state index in [2.05, 4.69) is 11.6 Å². The Labute approximate surface area is 82.9 Å². The van der Waals surface area contributed by atoms with Gasteiger partial charge in [0.1, 0.15) is 5.82 Å². The second kappa shape index (κ2) is 4.09. The Balaban J connectivity index is 2.81. The highest BCUT2D eigenvalue weighted by atomic mass is 16.4. The molecule has 0 aliphatic heterocycles. The van der Waals surface area contributed by atoms with Crippen LogP contribution in [0.3, 0.4) is 0 Å². The molecule has 14 heavy (non-hydrogen) atoms. The van der Waals surface area contributed by atoms with E-state index in [0.29, 0.717) is 6.54 Å². The lowest BCUT2D eigenvalue weighted by atomic mass is 10.2. The maximum absolute atomic E-state index is 10.6. The monoisotopic (exact) mass is 194 g/mol. The van der Waals surface area contributed by atoms with Crippen LogP contribution < -0.4 is 0 Å². The van der Waals surface area contributed by atoms with Crippen LogP contribution in [0.5, 0.6) is 0 Å². The number of carboxylic acid groups (broad SMARTS) is 1. The van der Waals surface area contributed by atoms with Crippen molar-refractivity contribution in [3.05, 3.63) is 30.4 Å². The van der Waals surface area contributed by atoms with Gasteiger partial charge in [-0.1, -0.05) is 20.4 Å². The van der Waals surface area contributed by atoms with Crippen LogP contribution in [-0.4, -0.2) is 20.6 Å². The molecule has 0 unspecified atom stereocenters. The van der Waals surface area contributed by atoms with Crippen LogP contribution in [0.2, 0.25) is 0 Å². The minimum atomic E-state index is -0.964. The van der Waals surface area contributed by atoms with Gasteiger partial charge in [0.25, 0.3) is 0 Å². The van der Waals surface area contributed by atoms with E-state index in [4.69, 9.17) is 5.11 Å². The molecule has 0 fully saturated rings. The van der Waals surface area contributed by atoms with Gasteiger partial charge in [0.05, 0.1) is 6.54 Å². The van der Waals surface area contributed by atoms with Crippen LogP contribution in [0.15, 0.2) is 24.5 Å². The van der Waals surface area contributed by atoms with E-state index in [1.807, 2.05) is 13.8 Å². The van der Waals surface area contributed by atoms with Crippen molar-refractivity contribution in [3.8, 4) is 0 Å². The Bertz CT molecular complexity index is 353. The van der Waals surface area contributed by atoms with E-state index < -0.39 is 5.97 Å². The minimum Gasteiger partial charge on any atom is -0.478 e. The minimum absolute atomic E-state index is 0.171. The first kappa shape index (κ1) is 10.5. The third-order valence-corrected chi connectivity index (χ3v) is 1.93. The molecule has 0 spiro atoms. The average molecular weight is 194 g/mol. The number of hydrogen-bond donors (Lipinski definition) is 1. The molecular formula is C10H14N2O2. The standard InChI is InChI=1S/C10H14N2O2/c1-7(2)9-11-4-5-12(9)6-8(3)10(13)14/h4-5,7H,3,6H2,1-2H3,(H,13,14). The van der Waals surface area contributed by atoms with Gasteiger partial charge in [-0.2, -0.15) is 0 Å². The van der Waals surface area contributed by atoms with Gasteiger partial charge in [0, 0.05) is 23.9 Å². The molecule has 0 saturated heterocycles. The zero-order valence-corrected chi connectivity index (χ0v) is 8.40. The summed E-state index contributed by atoms with van der Waals surface area (Å²) >= 11 is 0. The largest absolute Gasteiger partial charge is 0.478 e. The molecule has 1 rings (SSSR count). The van der Waals surface area contributed by atoms with Gasteiger partial charge in [0.15, 0.2) is 0 Å². The molecule has 0 bridgehead atoms. The fourth-order valence-electron chi connectivity index (χ4n) is 1.23. The summed E-state index contributed by atoms with van der Waals surface area (Å²) < 4.78 is 1.81. The number of carbonyl (C=O) groups is 1. The van der Waals surface area contributed by atoms with Crippen LogP contribution >= 0.6 is 0 Å². The molecule has 76 valence electrons. The van der Waals surface area contributed by atoms with Gasteiger partial charge >= 0.3 is 5.97 Å². The lowest BCUT2D eigenvalue weighted by molar-refractivity contribution is -0.132. The Morgan fingerprint density at radius 3 is 2.86 bits per heavy atom. The highest BCUT2D eigenvalue weighted by Crippen LogP contribution is 2.12. The van der Waals surface area contributed by atoms with Crippen molar-refractivity contribution >= 4 is 5.97 Å². The van der Waals surface area contributed by atoms with E-state index in [-0.39, 0.29) is 11.5 Å². The van der Waals surface area contributed by atoms with Gasteiger partial charge in [0.2, 0.25) is 0 Å². The summed E-state index contributed by atoms with van der Waals surface area (Å²) in [6.07, 6.45) is 3.44. The summed E-state index contributed by atoms with van der Waals surface area (Å²) in [6, 6.07) is 0. The second-order valence-corrected chi connectivity index (χ2v) is 3.48. The van der Waals surface area contributed by atoms with Gasteiger partial charge < -0.3 is 9.67 Å². The second-order valence-electron chi connectivity index (χ2n) is 3.48. The topological polar surface area (TPSA) is 55.1 Å².